The molecule has 1 unspecified atom stereocenters. The molecule has 1 saturated heterocycles. The van der Waals surface area contributed by atoms with Crippen molar-refractivity contribution in [3.8, 4) is 0 Å². The first-order valence-corrected chi connectivity index (χ1v) is 14.8. The van der Waals surface area contributed by atoms with E-state index >= 15 is 0 Å². The van der Waals surface area contributed by atoms with Gasteiger partial charge in [0.05, 0.1) is 16.5 Å². The van der Waals surface area contributed by atoms with Crippen LogP contribution in [0.2, 0.25) is 0 Å². The van der Waals surface area contributed by atoms with Crippen LogP contribution in [-0.4, -0.2) is 31.9 Å². The van der Waals surface area contributed by atoms with Crippen LogP contribution in [0.25, 0.3) is 16.5 Å². The summed E-state index contributed by atoms with van der Waals surface area (Å²) in [5, 5.41) is 33.5. The minimum atomic E-state index is -1.27. The van der Waals surface area contributed by atoms with E-state index in [2.05, 4.69) is 10.2 Å². The van der Waals surface area contributed by atoms with Gasteiger partial charge in [0.2, 0.25) is 5.13 Å². The van der Waals surface area contributed by atoms with Gasteiger partial charge in [-0.05, 0) is 40.5 Å². The molecular formula is C31H21FN4O5S2. The van der Waals surface area contributed by atoms with Crippen LogP contribution in [-0.2, 0) is 15.3 Å². The Labute approximate surface area is 252 Å². The summed E-state index contributed by atoms with van der Waals surface area (Å²) in [6.07, 6.45) is 0. The largest absolute Gasteiger partial charge is 0.507 e. The number of carbonyl (C=O) groups excluding carboxylic acids is 2. The van der Waals surface area contributed by atoms with Crippen molar-refractivity contribution in [3.63, 3.8) is 0 Å². The molecule has 0 bridgehead atoms. The molecule has 0 aliphatic carbocycles. The molecule has 0 spiro atoms. The molecule has 0 saturated carbocycles. The SMILES string of the molecule is Cc1ccc(C(O)=C2C(=O)C(=O)N(c3nnc(SCc4cccc5ccccc45)s3)C2c2cccc([N+](=O)[O-])c2)cc1F. The topological polar surface area (TPSA) is 127 Å². The fraction of sp³-hybridized carbons (Fsp3) is 0.0968. The van der Waals surface area contributed by atoms with Gasteiger partial charge in [-0.25, -0.2) is 4.39 Å². The molecule has 5 aromatic rings. The first-order valence-electron chi connectivity index (χ1n) is 13.0. The van der Waals surface area contributed by atoms with Gasteiger partial charge in [0.1, 0.15) is 11.6 Å². The van der Waals surface area contributed by atoms with Crippen LogP contribution in [0.3, 0.4) is 0 Å². The van der Waals surface area contributed by atoms with E-state index in [1.807, 2.05) is 42.5 Å². The summed E-state index contributed by atoms with van der Waals surface area (Å²) < 4.78 is 14.9. The van der Waals surface area contributed by atoms with Crippen molar-refractivity contribution >= 4 is 62.1 Å². The lowest BCUT2D eigenvalue weighted by Crippen LogP contribution is -2.29. The van der Waals surface area contributed by atoms with E-state index in [0.29, 0.717) is 15.7 Å². The van der Waals surface area contributed by atoms with Crippen LogP contribution in [0.1, 0.15) is 28.3 Å². The van der Waals surface area contributed by atoms with E-state index in [1.54, 1.807) is 6.92 Å². The number of aliphatic hydroxyl groups is 1. The molecule has 1 aliphatic rings. The highest BCUT2D eigenvalue weighted by atomic mass is 32.2. The summed E-state index contributed by atoms with van der Waals surface area (Å²) in [5.41, 5.74) is 0.988. The number of benzene rings is 4. The number of carbonyl (C=O) groups is 2. The Kier molecular flexibility index (Phi) is 7.46. The fourth-order valence-corrected chi connectivity index (χ4v) is 6.84. The maximum atomic E-state index is 14.4. The minimum absolute atomic E-state index is 0.0138. The third-order valence-corrected chi connectivity index (χ3v) is 9.22. The average Bonchev–Trinajstić information content (AvgIpc) is 3.58. The standard InChI is InChI=1S/C31H21FN4O5S2/c1-17-12-13-20(15-24(17)32)27(37)25-26(19-8-5-10-22(14-19)36(40)41)35(29(39)28(25)38)30-33-34-31(43-30)42-16-21-9-4-7-18-6-2-3-11-23(18)21/h2-15,26,37H,16H2,1H3. The first-order chi connectivity index (χ1) is 20.7. The summed E-state index contributed by atoms with van der Waals surface area (Å²) in [6, 6.07) is 22.1. The number of hydrogen-bond acceptors (Lipinski definition) is 9. The van der Waals surface area contributed by atoms with Gasteiger partial charge in [0.15, 0.2) is 4.34 Å². The van der Waals surface area contributed by atoms with Crippen LogP contribution < -0.4 is 4.90 Å². The first kappa shape index (κ1) is 28.2. The molecule has 1 aliphatic heterocycles. The van der Waals surface area contributed by atoms with Crippen molar-refractivity contribution in [2.45, 2.75) is 23.1 Å². The van der Waals surface area contributed by atoms with Crippen molar-refractivity contribution in [1.82, 2.24) is 10.2 Å². The quantitative estimate of drug-likeness (QED) is 0.0397. The number of ketones is 1. The molecule has 1 N–H and O–H groups in total. The predicted molar refractivity (Wildman–Crippen MR) is 162 cm³/mol. The molecule has 1 aromatic heterocycles. The van der Waals surface area contributed by atoms with Crippen LogP contribution in [0.15, 0.2) is 94.8 Å². The molecule has 214 valence electrons. The number of non-ortho nitro benzene ring substituents is 1. The number of thioether (sulfide) groups is 1. The monoisotopic (exact) mass is 612 g/mol. The van der Waals surface area contributed by atoms with Crippen molar-refractivity contribution in [3.05, 3.63) is 129 Å². The number of nitrogens with zero attached hydrogens (tertiary/aromatic N) is 4. The van der Waals surface area contributed by atoms with E-state index in [4.69, 9.17) is 0 Å². The van der Waals surface area contributed by atoms with E-state index < -0.39 is 34.2 Å². The maximum Gasteiger partial charge on any atom is 0.301 e. The summed E-state index contributed by atoms with van der Waals surface area (Å²) in [4.78, 5) is 38.9. The lowest BCUT2D eigenvalue weighted by molar-refractivity contribution is -0.384. The van der Waals surface area contributed by atoms with Crippen molar-refractivity contribution in [1.29, 1.82) is 0 Å². The summed E-state index contributed by atoms with van der Waals surface area (Å²) in [5.74, 6) is -2.67. The zero-order valence-electron chi connectivity index (χ0n) is 22.4. The Hall–Kier alpha value is -4.94. The summed E-state index contributed by atoms with van der Waals surface area (Å²) in [6.45, 7) is 1.55. The number of nitro groups is 1. The van der Waals surface area contributed by atoms with Crippen molar-refractivity contribution in [2.24, 2.45) is 0 Å². The molecule has 1 atom stereocenters. The molecule has 1 fully saturated rings. The van der Waals surface area contributed by atoms with Gasteiger partial charge in [-0.3, -0.25) is 24.6 Å². The zero-order chi connectivity index (χ0) is 30.2. The number of aromatic nitrogens is 2. The number of aryl methyl sites for hydroxylation is 1. The van der Waals surface area contributed by atoms with E-state index in [-0.39, 0.29) is 27.5 Å². The highest BCUT2D eigenvalue weighted by Crippen LogP contribution is 2.44. The molecule has 4 aromatic carbocycles. The number of rotatable bonds is 7. The number of nitro benzene ring substituents is 1. The average molecular weight is 613 g/mol. The Balaban J connectivity index is 1.40. The molecule has 9 nitrogen and oxygen atoms in total. The Morgan fingerprint density at radius 2 is 1.81 bits per heavy atom. The number of amides is 1. The Morgan fingerprint density at radius 3 is 2.60 bits per heavy atom. The second-order valence-corrected chi connectivity index (χ2v) is 11.9. The molecule has 0 radical (unpaired) electrons. The van der Waals surface area contributed by atoms with E-state index in [1.165, 1.54) is 48.2 Å². The van der Waals surface area contributed by atoms with Gasteiger partial charge in [-0.1, -0.05) is 89.8 Å². The molecule has 1 amide bonds. The Bertz CT molecular complexity index is 1970. The van der Waals surface area contributed by atoms with Gasteiger partial charge in [-0.2, -0.15) is 0 Å². The lowest BCUT2D eigenvalue weighted by Gasteiger charge is -2.22. The van der Waals surface area contributed by atoms with Crippen molar-refractivity contribution < 1.29 is 24.0 Å². The highest BCUT2D eigenvalue weighted by molar-refractivity contribution is 8.00. The van der Waals surface area contributed by atoms with Crippen molar-refractivity contribution in [2.75, 3.05) is 4.90 Å². The Morgan fingerprint density at radius 1 is 1.05 bits per heavy atom. The molecule has 2 heterocycles. The summed E-state index contributed by atoms with van der Waals surface area (Å²) >= 11 is 2.49. The van der Waals surface area contributed by atoms with E-state index in [9.17, 15) is 29.2 Å². The molecule has 6 rings (SSSR count). The fourth-order valence-electron chi connectivity index (χ4n) is 4.97. The molecule has 43 heavy (non-hydrogen) atoms. The number of anilines is 1. The zero-order valence-corrected chi connectivity index (χ0v) is 24.1. The maximum absolute atomic E-state index is 14.4. The third kappa shape index (κ3) is 5.26. The highest BCUT2D eigenvalue weighted by Gasteiger charge is 2.48. The predicted octanol–water partition coefficient (Wildman–Crippen LogP) is 6.97. The normalized spacial score (nSPS) is 16.2. The second-order valence-electron chi connectivity index (χ2n) is 9.76. The van der Waals surface area contributed by atoms with Gasteiger partial charge < -0.3 is 5.11 Å². The minimum Gasteiger partial charge on any atom is -0.507 e. The van der Waals surface area contributed by atoms with Gasteiger partial charge >= 0.3 is 5.91 Å². The second kappa shape index (κ2) is 11.4. The van der Waals surface area contributed by atoms with Gasteiger partial charge in [-0.15, -0.1) is 10.2 Å². The summed E-state index contributed by atoms with van der Waals surface area (Å²) in [7, 11) is 0. The number of hydrogen-bond donors (Lipinski definition) is 1. The number of Topliss-reactive ketones (excluding diaryl/α,β-unsaturated/α-hetero) is 1. The van der Waals surface area contributed by atoms with Gasteiger partial charge in [0.25, 0.3) is 11.5 Å². The van der Waals surface area contributed by atoms with Gasteiger partial charge in [0, 0.05) is 23.4 Å². The third-order valence-electron chi connectivity index (χ3n) is 7.12. The van der Waals surface area contributed by atoms with E-state index in [0.717, 1.165) is 38.6 Å². The molecule has 12 heteroatoms. The van der Waals surface area contributed by atoms with Crippen LogP contribution in [0, 0.1) is 22.9 Å². The number of halogens is 1. The molecular weight excluding hydrogens is 591 g/mol. The smallest absolute Gasteiger partial charge is 0.301 e. The van der Waals surface area contributed by atoms with Crippen LogP contribution in [0.4, 0.5) is 15.2 Å². The number of aliphatic hydroxyl groups excluding tert-OH is 1. The van der Waals surface area contributed by atoms with Crippen LogP contribution >= 0.6 is 23.1 Å². The number of fused-ring (bicyclic) bond motifs is 1. The van der Waals surface area contributed by atoms with Crippen LogP contribution in [0.5, 0.6) is 0 Å². The lowest BCUT2D eigenvalue weighted by atomic mass is 9.95.